The molecule has 118 valence electrons. The Morgan fingerprint density at radius 3 is 2.68 bits per heavy atom. The van der Waals surface area contributed by atoms with Gasteiger partial charge in [-0.3, -0.25) is 9.48 Å². The van der Waals surface area contributed by atoms with Crippen LogP contribution < -0.4 is 5.32 Å². The molecule has 0 saturated heterocycles. The van der Waals surface area contributed by atoms with Gasteiger partial charge in [0.25, 0.3) is 0 Å². The first kappa shape index (κ1) is 16.7. The van der Waals surface area contributed by atoms with Crippen LogP contribution in [0.15, 0.2) is 22.7 Å². The highest BCUT2D eigenvalue weighted by molar-refractivity contribution is 9.10. The van der Waals surface area contributed by atoms with Gasteiger partial charge in [-0.2, -0.15) is 5.10 Å². The summed E-state index contributed by atoms with van der Waals surface area (Å²) in [7, 11) is 0. The van der Waals surface area contributed by atoms with Gasteiger partial charge in [-0.25, -0.2) is 4.39 Å². The lowest BCUT2D eigenvalue weighted by molar-refractivity contribution is -0.119. The molecule has 0 unspecified atom stereocenters. The molecule has 0 aliphatic rings. The third kappa shape index (κ3) is 3.55. The molecule has 2 rings (SSSR count). The van der Waals surface area contributed by atoms with Gasteiger partial charge < -0.3 is 5.32 Å². The minimum Gasteiger partial charge on any atom is -0.323 e. The molecule has 1 aromatic heterocycles. The summed E-state index contributed by atoms with van der Waals surface area (Å²) in [6.07, 6.45) is 0. The van der Waals surface area contributed by atoms with E-state index >= 15 is 0 Å². The molecule has 0 aliphatic carbocycles. The van der Waals surface area contributed by atoms with Gasteiger partial charge in [-0.15, -0.1) is 0 Å². The lowest BCUT2D eigenvalue weighted by Gasteiger charge is -2.14. The zero-order chi connectivity index (χ0) is 16.4. The van der Waals surface area contributed by atoms with Gasteiger partial charge in [0.2, 0.25) is 5.91 Å². The van der Waals surface area contributed by atoms with E-state index < -0.39 is 5.82 Å². The Hall–Kier alpha value is -1.69. The number of hydrogen-bond acceptors (Lipinski definition) is 2. The Labute approximate surface area is 137 Å². The van der Waals surface area contributed by atoms with E-state index in [0.29, 0.717) is 6.54 Å². The Bertz CT molecular complexity index is 712. The monoisotopic (exact) mass is 367 g/mol. The lowest BCUT2D eigenvalue weighted by Crippen LogP contribution is -2.25. The van der Waals surface area contributed by atoms with Crippen molar-refractivity contribution in [3.05, 3.63) is 45.4 Å². The largest absolute Gasteiger partial charge is 0.323 e. The first-order chi connectivity index (χ1) is 10.3. The Morgan fingerprint density at radius 2 is 2.09 bits per heavy atom. The molecule has 6 heteroatoms. The fourth-order valence-corrected chi connectivity index (χ4v) is 2.47. The van der Waals surface area contributed by atoms with Crippen molar-refractivity contribution >= 4 is 27.5 Å². The van der Waals surface area contributed by atoms with Crippen LogP contribution in [0.5, 0.6) is 0 Å². The van der Waals surface area contributed by atoms with E-state index in [-0.39, 0.29) is 17.5 Å². The van der Waals surface area contributed by atoms with Crippen LogP contribution in [0.3, 0.4) is 0 Å². The molecule has 22 heavy (non-hydrogen) atoms. The summed E-state index contributed by atoms with van der Waals surface area (Å²) < 4.78 is 16.4. The number of rotatable bonds is 4. The van der Waals surface area contributed by atoms with Crippen LogP contribution in [0.2, 0.25) is 0 Å². The Morgan fingerprint density at radius 1 is 1.41 bits per heavy atom. The number of nitrogens with one attached hydrogen (secondary N) is 1. The van der Waals surface area contributed by atoms with Gasteiger partial charge in [0, 0.05) is 5.69 Å². The third-order valence-corrected chi connectivity index (χ3v) is 4.71. The molecule has 1 atom stereocenters. The molecule has 1 heterocycles. The van der Waals surface area contributed by atoms with Crippen LogP contribution in [0, 0.1) is 32.5 Å². The maximum Gasteiger partial charge on any atom is 0.229 e. The van der Waals surface area contributed by atoms with Crippen LogP contribution in [0.4, 0.5) is 10.1 Å². The second-order valence-corrected chi connectivity index (χ2v) is 6.33. The first-order valence-corrected chi connectivity index (χ1v) is 7.85. The number of benzene rings is 1. The van der Waals surface area contributed by atoms with E-state index in [1.54, 1.807) is 23.7 Å². The molecule has 4 nitrogen and oxygen atoms in total. The van der Waals surface area contributed by atoms with Gasteiger partial charge in [-0.1, -0.05) is 13.0 Å². The quantitative estimate of drug-likeness (QED) is 0.887. The van der Waals surface area contributed by atoms with E-state index in [1.807, 2.05) is 20.8 Å². The van der Waals surface area contributed by atoms with E-state index in [9.17, 15) is 9.18 Å². The zero-order valence-electron chi connectivity index (χ0n) is 13.1. The van der Waals surface area contributed by atoms with E-state index in [2.05, 4.69) is 26.3 Å². The van der Waals surface area contributed by atoms with Gasteiger partial charge >= 0.3 is 0 Å². The van der Waals surface area contributed by atoms with E-state index in [4.69, 9.17) is 0 Å². The van der Waals surface area contributed by atoms with Crippen molar-refractivity contribution in [2.45, 2.75) is 34.2 Å². The van der Waals surface area contributed by atoms with Crippen molar-refractivity contribution in [2.24, 2.45) is 5.92 Å². The van der Waals surface area contributed by atoms with Crippen molar-refractivity contribution in [2.75, 3.05) is 5.32 Å². The fraction of sp³-hybridized carbons (Fsp3) is 0.375. The minimum absolute atomic E-state index is 0.214. The van der Waals surface area contributed by atoms with Crippen molar-refractivity contribution < 1.29 is 9.18 Å². The molecule has 1 aromatic carbocycles. The molecule has 1 amide bonds. The van der Waals surface area contributed by atoms with Crippen LogP contribution in [-0.2, 0) is 11.3 Å². The fourth-order valence-electron chi connectivity index (χ4n) is 2.19. The van der Waals surface area contributed by atoms with Crippen LogP contribution in [0.25, 0.3) is 0 Å². The zero-order valence-corrected chi connectivity index (χ0v) is 14.7. The topological polar surface area (TPSA) is 46.9 Å². The number of carbonyl (C=O) groups is 1. The highest BCUT2D eigenvalue weighted by atomic mass is 79.9. The molecule has 1 N–H and O–H groups in total. The van der Waals surface area contributed by atoms with E-state index in [1.165, 1.54) is 6.07 Å². The van der Waals surface area contributed by atoms with Crippen molar-refractivity contribution in [3.63, 3.8) is 0 Å². The van der Waals surface area contributed by atoms with Gasteiger partial charge in [0.15, 0.2) is 0 Å². The van der Waals surface area contributed by atoms with Gasteiger partial charge in [0.1, 0.15) is 5.82 Å². The highest BCUT2D eigenvalue weighted by Gasteiger charge is 2.18. The summed E-state index contributed by atoms with van der Waals surface area (Å²) in [5, 5.41) is 7.03. The SMILES string of the molecule is Cc1ccc(F)c(NC(=O)[C@@H](C)Cn2nc(C)c(Br)c2C)c1. The summed E-state index contributed by atoms with van der Waals surface area (Å²) in [6.45, 7) is 7.94. The van der Waals surface area contributed by atoms with Crippen molar-refractivity contribution in [1.29, 1.82) is 0 Å². The van der Waals surface area contributed by atoms with E-state index in [0.717, 1.165) is 21.4 Å². The Kier molecular flexibility index (Phi) is 5.01. The molecule has 2 aromatic rings. The number of carbonyl (C=O) groups excluding carboxylic acids is 1. The second-order valence-electron chi connectivity index (χ2n) is 5.54. The molecular formula is C16H19BrFN3O. The van der Waals surface area contributed by atoms with Crippen LogP contribution in [0.1, 0.15) is 23.9 Å². The average Bonchev–Trinajstić information content (AvgIpc) is 2.70. The molecule has 0 fully saturated rings. The lowest BCUT2D eigenvalue weighted by atomic mass is 10.1. The number of halogens is 2. The maximum absolute atomic E-state index is 13.7. The summed E-state index contributed by atoms with van der Waals surface area (Å²) >= 11 is 3.46. The molecule has 0 aliphatic heterocycles. The summed E-state index contributed by atoms with van der Waals surface area (Å²) in [5.41, 5.74) is 2.96. The highest BCUT2D eigenvalue weighted by Crippen LogP contribution is 2.21. The normalized spacial score (nSPS) is 12.3. The summed E-state index contributed by atoms with van der Waals surface area (Å²) in [6, 6.07) is 4.65. The predicted molar refractivity (Wildman–Crippen MR) is 88.3 cm³/mol. The van der Waals surface area contributed by atoms with Gasteiger partial charge in [-0.05, 0) is 54.4 Å². The van der Waals surface area contributed by atoms with Crippen LogP contribution in [-0.4, -0.2) is 15.7 Å². The number of amides is 1. The average molecular weight is 368 g/mol. The predicted octanol–water partition coefficient (Wildman–Crippen LogP) is 3.98. The smallest absolute Gasteiger partial charge is 0.229 e. The molecule has 0 spiro atoms. The molecule has 0 bridgehead atoms. The number of aryl methyl sites for hydroxylation is 2. The summed E-state index contributed by atoms with van der Waals surface area (Å²) in [4.78, 5) is 12.3. The molecular weight excluding hydrogens is 349 g/mol. The number of aromatic nitrogens is 2. The molecule has 0 radical (unpaired) electrons. The number of hydrogen-bond donors (Lipinski definition) is 1. The Balaban J connectivity index is 2.09. The van der Waals surface area contributed by atoms with Gasteiger partial charge in [0.05, 0.1) is 28.3 Å². The van der Waals surface area contributed by atoms with Crippen molar-refractivity contribution in [3.8, 4) is 0 Å². The number of nitrogens with zero attached hydrogens (tertiary/aromatic N) is 2. The third-order valence-electron chi connectivity index (χ3n) is 3.57. The summed E-state index contributed by atoms with van der Waals surface area (Å²) in [5.74, 6) is -0.988. The number of anilines is 1. The van der Waals surface area contributed by atoms with Crippen molar-refractivity contribution in [1.82, 2.24) is 9.78 Å². The van der Waals surface area contributed by atoms with Crippen LogP contribution >= 0.6 is 15.9 Å². The standard InChI is InChI=1S/C16H19BrFN3O/c1-9-5-6-13(18)14(7-9)19-16(22)10(2)8-21-12(4)15(17)11(3)20-21/h5-7,10H,8H2,1-4H3,(H,19,22)/t10-/m0/s1. The minimum atomic E-state index is -0.431. The second kappa shape index (κ2) is 6.60. The molecule has 0 saturated carbocycles. The first-order valence-electron chi connectivity index (χ1n) is 7.06. The maximum atomic E-state index is 13.7.